The molecule has 1 aliphatic heterocycles. The van der Waals surface area contributed by atoms with E-state index >= 15 is 0 Å². The van der Waals surface area contributed by atoms with Crippen LogP contribution in [0.5, 0.6) is 11.5 Å². The van der Waals surface area contributed by atoms with Gasteiger partial charge < -0.3 is 20.1 Å². The Kier molecular flexibility index (Phi) is 4.57. The third-order valence-corrected chi connectivity index (χ3v) is 3.65. The third kappa shape index (κ3) is 3.60. The van der Waals surface area contributed by atoms with Crippen LogP contribution in [-0.2, 0) is 4.79 Å². The van der Waals surface area contributed by atoms with Gasteiger partial charge in [0, 0.05) is 18.2 Å². The van der Waals surface area contributed by atoms with Gasteiger partial charge in [-0.2, -0.15) is 0 Å². The molecule has 0 unspecified atom stereocenters. The first-order valence-corrected chi connectivity index (χ1v) is 7.69. The van der Waals surface area contributed by atoms with Gasteiger partial charge in [0.2, 0.25) is 5.91 Å². The second-order valence-corrected chi connectivity index (χ2v) is 5.60. The Balaban J connectivity index is 1.75. The lowest BCUT2D eigenvalue weighted by Gasteiger charge is -2.18. The van der Waals surface area contributed by atoms with E-state index in [-0.39, 0.29) is 11.8 Å². The maximum atomic E-state index is 12.4. The van der Waals surface area contributed by atoms with E-state index in [4.69, 9.17) is 21.1 Å². The number of ether oxygens (including phenoxy) is 2. The number of halogens is 1. The van der Waals surface area contributed by atoms with Gasteiger partial charge in [0.1, 0.15) is 13.2 Å². The molecule has 7 heteroatoms. The van der Waals surface area contributed by atoms with Crippen molar-refractivity contribution in [1.82, 2.24) is 0 Å². The Bertz CT molecular complexity index is 807. The number of rotatable bonds is 3. The SMILES string of the molecule is CC(=O)Nc1ccc(NC(=O)c2ccc3c(c2)OCCO3)cc1Cl. The van der Waals surface area contributed by atoms with Crippen molar-refractivity contribution < 1.29 is 19.1 Å². The predicted octanol–water partition coefficient (Wildman–Crippen LogP) is 3.32. The molecule has 0 radical (unpaired) electrons. The molecule has 1 heterocycles. The van der Waals surface area contributed by atoms with Crippen molar-refractivity contribution >= 4 is 34.8 Å². The standard InChI is InChI=1S/C17H15ClN2O4/c1-10(21)19-14-4-3-12(9-13(14)18)20-17(22)11-2-5-15-16(8-11)24-7-6-23-15/h2-5,8-9H,6-7H2,1H3,(H,19,21)(H,20,22). The van der Waals surface area contributed by atoms with Gasteiger partial charge in [0.25, 0.3) is 5.91 Å². The summed E-state index contributed by atoms with van der Waals surface area (Å²) < 4.78 is 10.9. The fraction of sp³-hybridized carbons (Fsp3) is 0.176. The fourth-order valence-electron chi connectivity index (χ4n) is 2.27. The molecule has 0 fully saturated rings. The zero-order chi connectivity index (χ0) is 17.1. The lowest BCUT2D eigenvalue weighted by atomic mass is 10.1. The first-order chi connectivity index (χ1) is 11.5. The summed E-state index contributed by atoms with van der Waals surface area (Å²) in [5.41, 5.74) is 1.46. The van der Waals surface area contributed by atoms with E-state index in [0.29, 0.717) is 46.7 Å². The molecule has 24 heavy (non-hydrogen) atoms. The lowest BCUT2D eigenvalue weighted by molar-refractivity contribution is -0.114. The molecule has 2 N–H and O–H groups in total. The molecular weight excluding hydrogens is 332 g/mol. The molecule has 124 valence electrons. The summed E-state index contributed by atoms with van der Waals surface area (Å²) in [4.78, 5) is 23.4. The minimum atomic E-state index is -0.296. The zero-order valence-corrected chi connectivity index (χ0v) is 13.6. The molecular formula is C17H15ClN2O4. The van der Waals surface area contributed by atoms with E-state index in [1.807, 2.05) is 0 Å². The summed E-state index contributed by atoms with van der Waals surface area (Å²) in [6.45, 7) is 2.35. The first kappa shape index (κ1) is 16.1. The Hall–Kier alpha value is -2.73. The molecule has 0 atom stereocenters. The van der Waals surface area contributed by atoms with Crippen LogP contribution in [0.1, 0.15) is 17.3 Å². The van der Waals surface area contributed by atoms with Crippen molar-refractivity contribution in [2.75, 3.05) is 23.8 Å². The van der Waals surface area contributed by atoms with Gasteiger partial charge in [-0.25, -0.2) is 0 Å². The molecule has 0 saturated carbocycles. The van der Waals surface area contributed by atoms with Crippen LogP contribution in [-0.4, -0.2) is 25.0 Å². The summed E-state index contributed by atoms with van der Waals surface area (Å²) in [6.07, 6.45) is 0. The summed E-state index contributed by atoms with van der Waals surface area (Å²) >= 11 is 6.10. The monoisotopic (exact) mass is 346 g/mol. The van der Waals surface area contributed by atoms with Crippen LogP contribution in [0.3, 0.4) is 0 Å². The molecule has 0 aromatic heterocycles. The summed E-state index contributed by atoms with van der Waals surface area (Å²) in [6, 6.07) is 9.86. The number of hydrogen-bond acceptors (Lipinski definition) is 4. The number of hydrogen-bond donors (Lipinski definition) is 2. The average Bonchev–Trinajstić information content (AvgIpc) is 2.56. The quantitative estimate of drug-likeness (QED) is 0.893. The molecule has 1 aliphatic rings. The van der Waals surface area contributed by atoms with E-state index in [9.17, 15) is 9.59 Å². The van der Waals surface area contributed by atoms with Gasteiger partial charge in [0.15, 0.2) is 11.5 Å². The third-order valence-electron chi connectivity index (χ3n) is 3.34. The topological polar surface area (TPSA) is 76.7 Å². The van der Waals surface area contributed by atoms with Crippen molar-refractivity contribution in [2.45, 2.75) is 6.92 Å². The Labute approximate surface area is 143 Å². The maximum Gasteiger partial charge on any atom is 0.255 e. The zero-order valence-electron chi connectivity index (χ0n) is 12.9. The summed E-state index contributed by atoms with van der Waals surface area (Å²) in [5.74, 6) is 0.661. The van der Waals surface area contributed by atoms with Crippen LogP contribution in [0, 0.1) is 0 Å². The van der Waals surface area contributed by atoms with Crippen LogP contribution in [0.4, 0.5) is 11.4 Å². The van der Waals surface area contributed by atoms with E-state index in [1.54, 1.807) is 36.4 Å². The van der Waals surface area contributed by atoms with Crippen molar-refractivity contribution in [3.63, 3.8) is 0 Å². The highest BCUT2D eigenvalue weighted by Gasteiger charge is 2.15. The fourth-order valence-corrected chi connectivity index (χ4v) is 2.50. The highest BCUT2D eigenvalue weighted by molar-refractivity contribution is 6.34. The smallest absolute Gasteiger partial charge is 0.255 e. The first-order valence-electron chi connectivity index (χ1n) is 7.31. The van der Waals surface area contributed by atoms with E-state index in [2.05, 4.69) is 10.6 Å². The number of anilines is 2. The van der Waals surface area contributed by atoms with E-state index in [0.717, 1.165) is 0 Å². The Morgan fingerprint density at radius 3 is 2.46 bits per heavy atom. The molecule has 2 amide bonds. The predicted molar refractivity (Wildman–Crippen MR) is 91.1 cm³/mol. The van der Waals surface area contributed by atoms with Crippen molar-refractivity contribution in [1.29, 1.82) is 0 Å². The van der Waals surface area contributed by atoms with Crippen molar-refractivity contribution in [2.24, 2.45) is 0 Å². The molecule has 0 bridgehead atoms. The highest BCUT2D eigenvalue weighted by Crippen LogP contribution is 2.31. The molecule has 0 saturated heterocycles. The molecule has 2 aromatic rings. The average molecular weight is 347 g/mol. The molecule has 6 nitrogen and oxygen atoms in total. The Morgan fingerprint density at radius 1 is 1.00 bits per heavy atom. The second kappa shape index (κ2) is 6.80. The molecule has 0 aliphatic carbocycles. The number of amides is 2. The van der Waals surface area contributed by atoms with E-state index < -0.39 is 0 Å². The largest absolute Gasteiger partial charge is 0.486 e. The van der Waals surface area contributed by atoms with Crippen molar-refractivity contribution in [3.05, 3.63) is 47.0 Å². The van der Waals surface area contributed by atoms with Crippen molar-refractivity contribution in [3.8, 4) is 11.5 Å². The van der Waals surface area contributed by atoms with Gasteiger partial charge in [-0.05, 0) is 36.4 Å². The number of carbonyl (C=O) groups excluding carboxylic acids is 2. The second-order valence-electron chi connectivity index (χ2n) is 5.19. The van der Waals surface area contributed by atoms with Gasteiger partial charge in [-0.3, -0.25) is 9.59 Å². The molecule has 3 rings (SSSR count). The Morgan fingerprint density at radius 2 is 1.75 bits per heavy atom. The number of benzene rings is 2. The van der Waals surface area contributed by atoms with Crippen LogP contribution in [0.25, 0.3) is 0 Å². The van der Waals surface area contributed by atoms with Gasteiger partial charge in [-0.15, -0.1) is 0 Å². The maximum absolute atomic E-state index is 12.4. The normalized spacial score (nSPS) is 12.4. The lowest BCUT2D eigenvalue weighted by Crippen LogP contribution is -2.17. The number of nitrogens with one attached hydrogen (secondary N) is 2. The van der Waals surface area contributed by atoms with Gasteiger partial charge in [0.05, 0.1) is 10.7 Å². The van der Waals surface area contributed by atoms with E-state index in [1.165, 1.54) is 6.92 Å². The minimum Gasteiger partial charge on any atom is -0.486 e. The van der Waals surface area contributed by atoms with Crippen LogP contribution in [0.2, 0.25) is 5.02 Å². The number of fused-ring (bicyclic) bond motifs is 1. The highest BCUT2D eigenvalue weighted by atomic mass is 35.5. The molecule has 0 spiro atoms. The van der Waals surface area contributed by atoms with Gasteiger partial charge in [-0.1, -0.05) is 11.6 Å². The minimum absolute atomic E-state index is 0.218. The number of carbonyl (C=O) groups is 2. The van der Waals surface area contributed by atoms with Crippen LogP contribution >= 0.6 is 11.6 Å². The summed E-state index contributed by atoms with van der Waals surface area (Å²) in [7, 11) is 0. The van der Waals surface area contributed by atoms with Crippen LogP contribution in [0.15, 0.2) is 36.4 Å². The van der Waals surface area contributed by atoms with Gasteiger partial charge >= 0.3 is 0 Å². The summed E-state index contributed by atoms with van der Waals surface area (Å²) in [5, 5.41) is 5.70. The van der Waals surface area contributed by atoms with Crippen LogP contribution < -0.4 is 20.1 Å². The molecule has 2 aromatic carbocycles.